The Hall–Kier alpha value is -3.06. The van der Waals surface area contributed by atoms with Crippen molar-refractivity contribution < 1.29 is 30.9 Å². The smallest absolute Gasteiger partial charge is 0.352 e. The summed E-state index contributed by atoms with van der Waals surface area (Å²) in [5, 5.41) is 3.18. The van der Waals surface area contributed by atoms with Crippen LogP contribution in [0.1, 0.15) is 27.9 Å². The predicted molar refractivity (Wildman–Crippen MR) is 144 cm³/mol. The van der Waals surface area contributed by atoms with Crippen LogP contribution in [0.5, 0.6) is 0 Å². The number of alkyl halides is 3. The summed E-state index contributed by atoms with van der Waals surface area (Å²) in [6, 6.07) is 16.0. The molecule has 13 heteroatoms. The Morgan fingerprint density at radius 2 is 1.74 bits per heavy atom. The maximum Gasteiger partial charge on any atom is 0.416 e. The van der Waals surface area contributed by atoms with Crippen molar-refractivity contribution in [3.63, 3.8) is 0 Å². The molecule has 202 valence electrons. The second kappa shape index (κ2) is 11.4. The third kappa shape index (κ3) is 6.68. The van der Waals surface area contributed by atoms with E-state index in [1.165, 1.54) is 36.4 Å². The van der Waals surface area contributed by atoms with Crippen molar-refractivity contribution in [1.82, 2.24) is 5.32 Å². The van der Waals surface area contributed by atoms with E-state index in [0.29, 0.717) is 27.6 Å². The first kappa shape index (κ1) is 28.0. The number of hydrogen-bond acceptors (Lipinski definition) is 4. The van der Waals surface area contributed by atoms with E-state index in [4.69, 9.17) is 11.6 Å². The van der Waals surface area contributed by atoms with Crippen LogP contribution in [0.2, 0.25) is 5.02 Å². The number of halogens is 4. The molecule has 0 bridgehead atoms. The molecule has 0 radical (unpaired) electrons. The lowest BCUT2D eigenvalue weighted by molar-refractivity contribution is -0.137. The molecule has 0 aliphatic carbocycles. The first-order chi connectivity index (χ1) is 17.9. The lowest BCUT2D eigenvalue weighted by Gasteiger charge is -2.21. The van der Waals surface area contributed by atoms with Crippen molar-refractivity contribution in [2.75, 3.05) is 17.4 Å². The molecule has 0 aromatic heterocycles. The predicted octanol–water partition coefficient (Wildman–Crippen LogP) is 6.02. The van der Waals surface area contributed by atoms with Gasteiger partial charge in [-0.2, -0.15) is 32.5 Å². The molecule has 0 saturated carbocycles. The second-order valence-electron chi connectivity index (χ2n) is 8.38. The molecule has 1 heterocycles. The van der Waals surface area contributed by atoms with Crippen LogP contribution in [0.15, 0.2) is 76.6 Å². The topological polar surface area (TPSA) is 99.1 Å². The van der Waals surface area contributed by atoms with E-state index in [1.807, 2.05) is 0 Å². The van der Waals surface area contributed by atoms with E-state index in [9.17, 15) is 30.9 Å². The van der Waals surface area contributed by atoms with Crippen LogP contribution in [-0.2, 0) is 22.2 Å². The Balaban J connectivity index is 1.41. The molecule has 1 unspecified atom stereocenters. The highest BCUT2D eigenvalue weighted by molar-refractivity contribution is 8.28. The SMILES string of the molecule is O=C(NCCCN(c1ccc(Cl)cc1)S(=O)(=O)O)c1cccc2c1[SH](Cc1ccc(C(F)(F)F)cc1)C=N2. The van der Waals surface area contributed by atoms with Crippen LogP contribution < -0.4 is 9.62 Å². The Labute approximate surface area is 225 Å². The molecular formula is C25H23ClF3N3O4S2. The zero-order valence-electron chi connectivity index (χ0n) is 19.7. The number of nitrogens with one attached hydrogen (secondary N) is 1. The molecule has 2 N–H and O–H groups in total. The largest absolute Gasteiger partial charge is 0.416 e. The fourth-order valence-electron chi connectivity index (χ4n) is 3.93. The van der Waals surface area contributed by atoms with Gasteiger partial charge in [0.2, 0.25) is 0 Å². The molecule has 3 aromatic carbocycles. The number of thiol groups is 1. The van der Waals surface area contributed by atoms with Crippen LogP contribution in [-0.4, -0.2) is 37.5 Å². The van der Waals surface area contributed by atoms with Crippen molar-refractivity contribution in [2.45, 2.75) is 23.2 Å². The minimum absolute atomic E-state index is 0.0859. The first-order valence-corrected chi connectivity index (χ1v) is 14.7. The van der Waals surface area contributed by atoms with Crippen LogP contribution in [0.4, 0.5) is 24.5 Å². The minimum Gasteiger partial charge on any atom is -0.352 e. The minimum atomic E-state index is -4.54. The average molecular weight is 586 g/mol. The molecule has 1 atom stereocenters. The van der Waals surface area contributed by atoms with Gasteiger partial charge in [-0.15, -0.1) is 0 Å². The second-order valence-corrected chi connectivity index (χ2v) is 12.1. The summed E-state index contributed by atoms with van der Waals surface area (Å²) >= 11 is 5.84. The van der Waals surface area contributed by atoms with Gasteiger partial charge in [0.1, 0.15) is 0 Å². The number of carbonyl (C=O) groups excluding carboxylic acids is 1. The Kier molecular flexibility index (Phi) is 8.36. The summed E-state index contributed by atoms with van der Waals surface area (Å²) in [6.45, 7) is 0.0389. The van der Waals surface area contributed by atoms with Gasteiger partial charge in [0.05, 0.1) is 22.5 Å². The number of nitrogens with zero attached hydrogens (tertiary/aromatic N) is 2. The molecule has 0 fully saturated rings. The quantitative estimate of drug-likeness (QED) is 0.162. The number of fused-ring (bicyclic) bond motifs is 1. The number of rotatable bonds is 9. The van der Waals surface area contributed by atoms with E-state index >= 15 is 0 Å². The highest BCUT2D eigenvalue weighted by atomic mass is 35.5. The number of anilines is 1. The summed E-state index contributed by atoms with van der Waals surface area (Å²) in [7, 11) is -5.61. The van der Waals surface area contributed by atoms with E-state index in [2.05, 4.69) is 10.3 Å². The molecule has 0 saturated heterocycles. The van der Waals surface area contributed by atoms with Crippen LogP contribution in [0.3, 0.4) is 0 Å². The molecule has 3 aromatic rings. The van der Waals surface area contributed by atoms with Gasteiger partial charge in [0.15, 0.2) is 0 Å². The zero-order valence-corrected chi connectivity index (χ0v) is 22.2. The molecule has 4 rings (SSSR count). The van der Waals surface area contributed by atoms with Crippen molar-refractivity contribution in [2.24, 2.45) is 4.99 Å². The molecule has 38 heavy (non-hydrogen) atoms. The van der Waals surface area contributed by atoms with Crippen molar-refractivity contribution >= 4 is 55.6 Å². The fraction of sp³-hybridized carbons (Fsp3) is 0.200. The van der Waals surface area contributed by atoms with Gasteiger partial charge < -0.3 is 5.32 Å². The van der Waals surface area contributed by atoms with Crippen molar-refractivity contribution in [3.05, 3.63) is 88.4 Å². The van der Waals surface area contributed by atoms with Gasteiger partial charge in [0.25, 0.3) is 5.91 Å². The lowest BCUT2D eigenvalue weighted by atomic mass is 10.1. The summed E-state index contributed by atoms with van der Waals surface area (Å²) in [5.74, 6) is 0.0516. The number of aliphatic imine (C=N–C) groups is 1. The van der Waals surface area contributed by atoms with Gasteiger partial charge in [0, 0.05) is 34.3 Å². The Bertz CT molecular complexity index is 1450. The first-order valence-electron chi connectivity index (χ1n) is 11.3. The van der Waals surface area contributed by atoms with Gasteiger partial charge in [-0.1, -0.05) is 29.8 Å². The highest BCUT2D eigenvalue weighted by Crippen LogP contribution is 2.50. The number of hydrogen-bond donors (Lipinski definition) is 3. The van der Waals surface area contributed by atoms with Gasteiger partial charge in [-0.05, 0) is 60.5 Å². The summed E-state index contributed by atoms with van der Waals surface area (Å²) < 4.78 is 72.8. The highest BCUT2D eigenvalue weighted by Gasteiger charge is 2.30. The van der Waals surface area contributed by atoms with Gasteiger partial charge in [-0.3, -0.25) is 14.3 Å². The molecule has 1 amide bonds. The van der Waals surface area contributed by atoms with Crippen molar-refractivity contribution in [3.8, 4) is 0 Å². The molecule has 7 nitrogen and oxygen atoms in total. The van der Waals surface area contributed by atoms with Crippen LogP contribution >= 0.6 is 22.5 Å². The summed E-state index contributed by atoms with van der Waals surface area (Å²) in [4.78, 5) is 18.2. The molecule has 0 spiro atoms. The number of amides is 1. The summed E-state index contributed by atoms with van der Waals surface area (Å²) in [5.41, 5.74) is 2.99. The molecule has 1 aliphatic heterocycles. The molecule has 1 aliphatic rings. The Morgan fingerprint density at radius 1 is 1.05 bits per heavy atom. The number of benzene rings is 3. The van der Waals surface area contributed by atoms with E-state index in [0.717, 1.165) is 21.3 Å². The van der Waals surface area contributed by atoms with Gasteiger partial charge >= 0.3 is 16.5 Å². The lowest BCUT2D eigenvalue weighted by Crippen LogP contribution is -2.34. The Morgan fingerprint density at radius 3 is 2.37 bits per heavy atom. The third-order valence-corrected chi connectivity index (χ3v) is 9.08. The standard InChI is InChI=1S/C25H23ClF3N3O4S2/c26-19-9-11-20(12-10-19)32(38(34,35)36)14-2-13-30-24(33)21-3-1-4-22-23(21)37(16-31-22)15-17-5-7-18(8-6-17)25(27,28)29/h1,3-12,16,37H,2,13-15H2,(H,30,33)(H,34,35,36). The van der Waals surface area contributed by atoms with Crippen molar-refractivity contribution in [1.29, 1.82) is 0 Å². The van der Waals surface area contributed by atoms with E-state index < -0.39 is 32.9 Å². The van der Waals surface area contributed by atoms with E-state index in [1.54, 1.807) is 23.7 Å². The maximum absolute atomic E-state index is 13.0. The fourth-order valence-corrected chi connectivity index (χ4v) is 6.94. The van der Waals surface area contributed by atoms with Gasteiger partial charge in [-0.25, -0.2) is 4.31 Å². The van der Waals surface area contributed by atoms with Crippen LogP contribution in [0, 0.1) is 0 Å². The number of carbonyl (C=O) groups is 1. The summed E-state index contributed by atoms with van der Waals surface area (Å²) in [6.07, 6.45) is -4.20. The monoisotopic (exact) mass is 585 g/mol. The maximum atomic E-state index is 13.0. The molecular weight excluding hydrogens is 563 g/mol. The average Bonchev–Trinajstić information content (AvgIpc) is 3.26. The normalized spacial score (nSPS) is 15.8. The van der Waals surface area contributed by atoms with E-state index in [-0.39, 0.29) is 31.1 Å². The van der Waals surface area contributed by atoms with Crippen LogP contribution in [0.25, 0.3) is 0 Å². The zero-order chi connectivity index (χ0) is 27.5. The third-order valence-electron chi connectivity index (χ3n) is 5.73.